The van der Waals surface area contributed by atoms with Crippen LogP contribution in [-0.2, 0) is 16.6 Å². The molecule has 0 saturated heterocycles. The quantitative estimate of drug-likeness (QED) is 0.763. The molecule has 1 heterocycles. The van der Waals surface area contributed by atoms with Crippen LogP contribution in [0.15, 0.2) is 17.2 Å². The number of nitrogens with one attached hydrogen (secondary N) is 2. The highest BCUT2D eigenvalue weighted by atomic mass is 32.2. The van der Waals surface area contributed by atoms with Gasteiger partial charge in [-0.25, -0.2) is 13.1 Å². The van der Waals surface area contributed by atoms with E-state index >= 15 is 0 Å². The van der Waals surface area contributed by atoms with Gasteiger partial charge in [-0.3, -0.25) is 0 Å². The van der Waals surface area contributed by atoms with Gasteiger partial charge < -0.3 is 9.88 Å². The van der Waals surface area contributed by atoms with Crippen LogP contribution < -0.4 is 10.0 Å². The first-order chi connectivity index (χ1) is 9.08. The van der Waals surface area contributed by atoms with Gasteiger partial charge in [0.15, 0.2) is 0 Å². The topological polar surface area (TPSA) is 63.1 Å². The summed E-state index contributed by atoms with van der Waals surface area (Å²) in [6.45, 7) is 6.08. The van der Waals surface area contributed by atoms with Crippen LogP contribution in [-0.4, -0.2) is 26.1 Å². The van der Waals surface area contributed by atoms with E-state index < -0.39 is 10.0 Å². The van der Waals surface area contributed by atoms with E-state index in [1.54, 1.807) is 12.3 Å². The molecular weight excluding hydrogens is 262 g/mol. The summed E-state index contributed by atoms with van der Waals surface area (Å²) in [7, 11) is -3.35. The lowest BCUT2D eigenvalue weighted by molar-refractivity contribution is 0.580. The van der Waals surface area contributed by atoms with E-state index in [4.69, 9.17) is 0 Å². The molecule has 1 aliphatic carbocycles. The van der Waals surface area contributed by atoms with Crippen molar-refractivity contribution in [1.82, 2.24) is 14.6 Å². The Morgan fingerprint density at radius 2 is 2.11 bits per heavy atom. The van der Waals surface area contributed by atoms with Gasteiger partial charge in [0.2, 0.25) is 10.0 Å². The third-order valence-electron chi connectivity index (χ3n) is 3.26. The molecule has 0 bridgehead atoms. The summed E-state index contributed by atoms with van der Waals surface area (Å²) in [5, 5.41) is 3.26. The summed E-state index contributed by atoms with van der Waals surface area (Å²) in [5.41, 5.74) is 1.06. The third-order valence-corrected chi connectivity index (χ3v) is 4.68. The van der Waals surface area contributed by atoms with Crippen LogP contribution in [0.3, 0.4) is 0 Å². The zero-order chi connectivity index (χ0) is 13.9. The minimum atomic E-state index is -3.35. The second kappa shape index (κ2) is 6.07. The summed E-state index contributed by atoms with van der Waals surface area (Å²) < 4.78 is 29.0. The highest BCUT2D eigenvalue weighted by molar-refractivity contribution is 7.89. The predicted octanol–water partition coefficient (Wildman–Crippen LogP) is 1.62. The van der Waals surface area contributed by atoms with Crippen molar-refractivity contribution in [1.29, 1.82) is 0 Å². The van der Waals surface area contributed by atoms with Crippen molar-refractivity contribution >= 4 is 10.0 Å². The molecule has 0 amide bonds. The van der Waals surface area contributed by atoms with Gasteiger partial charge in [-0.1, -0.05) is 13.8 Å². The van der Waals surface area contributed by atoms with Crippen LogP contribution >= 0.6 is 0 Å². The van der Waals surface area contributed by atoms with Gasteiger partial charge in [0.1, 0.15) is 0 Å². The Labute approximate surface area is 115 Å². The average molecular weight is 285 g/mol. The molecule has 0 atom stereocenters. The Bertz CT molecular complexity index is 518. The van der Waals surface area contributed by atoms with Crippen molar-refractivity contribution in [3.8, 4) is 0 Å². The van der Waals surface area contributed by atoms with Crippen molar-refractivity contribution in [3.05, 3.63) is 18.0 Å². The summed E-state index contributed by atoms with van der Waals surface area (Å²) in [5.74, 6) is 0. The summed E-state index contributed by atoms with van der Waals surface area (Å²) >= 11 is 0. The van der Waals surface area contributed by atoms with Crippen molar-refractivity contribution in [2.75, 3.05) is 13.1 Å². The maximum Gasteiger partial charge on any atom is 0.242 e. The molecule has 0 aromatic carbocycles. The zero-order valence-electron chi connectivity index (χ0n) is 11.6. The molecule has 0 aliphatic heterocycles. The Hall–Kier alpha value is -0.850. The van der Waals surface area contributed by atoms with Gasteiger partial charge >= 0.3 is 0 Å². The monoisotopic (exact) mass is 285 g/mol. The van der Waals surface area contributed by atoms with Crippen LogP contribution in [0, 0.1) is 0 Å². The molecule has 0 spiro atoms. The van der Waals surface area contributed by atoms with E-state index in [0.29, 0.717) is 17.5 Å². The molecule has 1 saturated carbocycles. The fraction of sp³-hybridized carbons (Fsp3) is 0.692. The Balaban J connectivity index is 2.21. The van der Waals surface area contributed by atoms with Gasteiger partial charge in [0, 0.05) is 31.0 Å². The molecule has 5 nitrogen and oxygen atoms in total. The largest absolute Gasteiger partial charge is 0.346 e. The van der Waals surface area contributed by atoms with Gasteiger partial charge in [0.25, 0.3) is 0 Å². The number of nitrogens with zero attached hydrogens (tertiary/aromatic N) is 1. The number of sulfonamides is 1. The average Bonchev–Trinajstić information content (AvgIpc) is 3.14. The van der Waals surface area contributed by atoms with Crippen molar-refractivity contribution in [2.45, 2.75) is 50.6 Å². The first kappa shape index (κ1) is 14.6. The second-order valence-corrected chi connectivity index (χ2v) is 6.75. The van der Waals surface area contributed by atoms with Crippen molar-refractivity contribution in [3.63, 3.8) is 0 Å². The Morgan fingerprint density at radius 1 is 1.37 bits per heavy atom. The fourth-order valence-electron chi connectivity index (χ4n) is 2.05. The molecule has 0 radical (unpaired) electrons. The molecule has 0 unspecified atom stereocenters. The number of aromatic nitrogens is 1. The molecule has 1 fully saturated rings. The molecular formula is C13H23N3O2S. The van der Waals surface area contributed by atoms with Crippen LogP contribution in [0.5, 0.6) is 0 Å². The molecule has 19 heavy (non-hydrogen) atoms. The molecule has 2 rings (SSSR count). The molecule has 6 heteroatoms. The SMILES string of the molecule is CCCNS(=O)(=O)c1cc(CNCC)n(C2CC2)c1. The smallest absolute Gasteiger partial charge is 0.242 e. The molecule has 1 aliphatic rings. The molecule has 1 aromatic rings. The first-order valence-corrected chi connectivity index (χ1v) is 8.48. The third kappa shape index (κ3) is 3.58. The maximum atomic E-state index is 12.1. The number of hydrogen-bond donors (Lipinski definition) is 2. The lowest BCUT2D eigenvalue weighted by Gasteiger charge is -2.07. The lowest BCUT2D eigenvalue weighted by atomic mass is 10.4. The minimum absolute atomic E-state index is 0.390. The fourth-order valence-corrected chi connectivity index (χ4v) is 3.23. The maximum absolute atomic E-state index is 12.1. The highest BCUT2D eigenvalue weighted by Gasteiger charge is 2.27. The van der Waals surface area contributed by atoms with Crippen LogP contribution in [0.1, 0.15) is 44.8 Å². The summed E-state index contributed by atoms with van der Waals surface area (Å²) in [4.78, 5) is 0.390. The second-order valence-electron chi connectivity index (χ2n) is 4.98. The van der Waals surface area contributed by atoms with Crippen LogP contribution in [0.25, 0.3) is 0 Å². The number of rotatable bonds is 8. The van der Waals surface area contributed by atoms with Crippen LogP contribution in [0.2, 0.25) is 0 Å². The van der Waals surface area contributed by atoms with Gasteiger partial charge in [-0.15, -0.1) is 0 Å². The van der Waals surface area contributed by atoms with Crippen LogP contribution in [0.4, 0.5) is 0 Å². The number of hydrogen-bond acceptors (Lipinski definition) is 3. The lowest BCUT2D eigenvalue weighted by Crippen LogP contribution is -2.24. The van der Waals surface area contributed by atoms with E-state index in [1.165, 1.54) is 0 Å². The van der Waals surface area contributed by atoms with Gasteiger partial charge in [-0.2, -0.15) is 0 Å². The first-order valence-electron chi connectivity index (χ1n) is 6.99. The van der Waals surface area contributed by atoms with E-state index in [0.717, 1.165) is 38.0 Å². The van der Waals surface area contributed by atoms with E-state index in [1.807, 2.05) is 13.8 Å². The van der Waals surface area contributed by atoms with Crippen molar-refractivity contribution in [2.24, 2.45) is 0 Å². The summed E-state index contributed by atoms with van der Waals surface area (Å²) in [6.07, 6.45) is 4.88. The van der Waals surface area contributed by atoms with Crippen molar-refractivity contribution < 1.29 is 8.42 Å². The Morgan fingerprint density at radius 3 is 2.68 bits per heavy atom. The Kier molecular flexibility index (Phi) is 4.65. The van der Waals surface area contributed by atoms with Gasteiger partial charge in [0.05, 0.1) is 4.90 Å². The highest BCUT2D eigenvalue weighted by Crippen LogP contribution is 2.37. The molecule has 108 valence electrons. The standard InChI is InChI=1S/C13H23N3O2S/c1-3-7-15-19(17,18)13-8-12(9-14-4-2)16(10-13)11-5-6-11/h8,10-11,14-15H,3-7,9H2,1-2H3. The molecule has 1 aromatic heterocycles. The van der Waals surface area contributed by atoms with E-state index in [-0.39, 0.29) is 0 Å². The minimum Gasteiger partial charge on any atom is -0.346 e. The van der Waals surface area contributed by atoms with Gasteiger partial charge in [-0.05, 0) is 31.9 Å². The van der Waals surface area contributed by atoms with E-state index in [2.05, 4.69) is 14.6 Å². The molecule has 2 N–H and O–H groups in total. The zero-order valence-corrected chi connectivity index (χ0v) is 12.5. The summed E-state index contributed by atoms with van der Waals surface area (Å²) in [6, 6.07) is 2.28. The normalized spacial score (nSPS) is 15.9. The van der Waals surface area contributed by atoms with E-state index in [9.17, 15) is 8.42 Å². The predicted molar refractivity (Wildman–Crippen MR) is 75.6 cm³/mol.